The largest absolute Gasteiger partial charge is 0.312 e. The van der Waals surface area contributed by atoms with Crippen LogP contribution in [0.3, 0.4) is 0 Å². The van der Waals surface area contributed by atoms with E-state index in [0.29, 0.717) is 12.1 Å². The maximum Gasteiger partial charge on any atom is 0.00757 e. The molecule has 1 heteroatoms. The standard InChI is InChI=1S/C20H25N/c1-15(2)21-18-12-11-17-9-6-10-19(20(17)14-13-18)16-7-4-3-5-8-16/h3-10,15,18,21H,11-14H2,1-2H3. The molecular formula is C20H25N. The van der Waals surface area contributed by atoms with E-state index >= 15 is 0 Å². The lowest BCUT2D eigenvalue weighted by atomic mass is 9.93. The van der Waals surface area contributed by atoms with Crippen molar-refractivity contribution in [2.45, 2.75) is 51.6 Å². The molecule has 110 valence electrons. The fourth-order valence-corrected chi connectivity index (χ4v) is 3.48. The van der Waals surface area contributed by atoms with Crippen molar-refractivity contribution in [2.75, 3.05) is 0 Å². The summed E-state index contributed by atoms with van der Waals surface area (Å²) in [6.07, 6.45) is 4.88. The zero-order chi connectivity index (χ0) is 14.7. The highest BCUT2D eigenvalue weighted by Gasteiger charge is 2.19. The van der Waals surface area contributed by atoms with Crippen molar-refractivity contribution in [2.24, 2.45) is 0 Å². The van der Waals surface area contributed by atoms with E-state index in [0.717, 1.165) is 0 Å². The molecule has 0 saturated carbocycles. The first kappa shape index (κ1) is 14.3. The molecular weight excluding hydrogens is 254 g/mol. The molecule has 0 spiro atoms. The molecule has 2 aromatic carbocycles. The van der Waals surface area contributed by atoms with Crippen molar-refractivity contribution in [3.63, 3.8) is 0 Å². The molecule has 1 aliphatic carbocycles. The molecule has 0 amide bonds. The van der Waals surface area contributed by atoms with Crippen LogP contribution in [-0.2, 0) is 12.8 Å². The fourth-order valence-electron chi connectivity index (χ4n) is 3.48. The van der Waals surface area contributed by atoms with Crippen molar-refractivity contribution in [3.05, 3.63) is 59.7 Å². The zero-order valence-electron chi connectivity index (χ0n) is 13.1. The zero-order valence-corrected chi connectivity index (χ0v) is 13.1. The SMILES string of the molecule is CC(C)NC1CCc2cccc(-c3ccccc3)c2CC1. The van der Waals surface area contributed by atoms with Gasteiger partial charge in [0.25, 0.3) is 0 Å². The third kappa shape index (κ3) is 3.36. The molecule has 1 unspecified atom stereocenters. The Morgan fingerprint density at radius 1 is 0.905 bits per heavy atom. The van der Waals surface area contributed by atoms with E-state index in [-0.39, 0.29) is 0 Å². The van der Waals surface area contributed by atoms with Crippen LogP contribution in [0, 0.1) is 0 Å². The first-order valence-electron chi connectivity index (χ1n) is 8.16. The lowest BCUT2D eigenvalue weighted by Crippen LogP contribution is -2.34. The predicted molar refractivity (Wildman–Crippen MR) is 90.6 cm³/mol. The van der Waals surface area contributed by atoms with Gasteiger partial charge in [-0.2, -0.15) is 0 Å². The lowest BCUT2D eigenvalue weighted by Gasteiger charge is -2.19. The smallest absolute Gasteiger partial charge is 0.00757 e. The lowest BCUT2D eigenvalue weighted by molar-refractivity contribution is 0.425. The van der Waals surface area contributed by atoms with Gasteiger partial charge in [0.15, 0.2) is 0 Å². The molecule has 0 aliphatic heterocycles. The van der Waals surface area contributed by atoms with Crippen LogP contribution in [0.25, 0.3) is 11.1 Å². The second kappa shape index (κ2) is 6.44. The highest BCUT2D eigenvalue weighted by molar-refractivity contribution is 5.69. The predicted octanol–water partition coefficient (Wildman–Crippen LogP) is 4.60. The molecule has 0 heterocycles. The van der Waals surface area contributed by atoms with Gasteiger partial charge in [-0.05, 0) is 47.9 Å². The van der Waals surface area contributed by atoms with Crippen molar-refractivity contribution < 1.29 is 0 Å². The quantitative estimate of drug-likeness (QED) is 0.810. The highest BCUT2D eigenvalue weighted by Crippen LogP contribution is 2.31. The van der Waals surface area contributed by atoms with Crippen molar-refractivity contribution in [3.8, 4) is 11.1 Å². The average Bonchev–Trinajstić information content (AvgIpc) is 2.70. The first-order valence-corrected chi connectivity index (χ1v) is 8.16. The number of rotatable bonds is 3. The summed E-state index contributed by atoms with van der Waals surface area (Å²) in [5, 5.41) is 3.72. The monoisotopic (exact) mass is 279 g/mol. The number of hydrogen-bond donors (Lipinski definition) is 1. The summed E-state index contributed by atoms with van der Waals surface area (Å²) >= 11 is 0. The molecule has 2 aromatic rings. The Morgan fingerprint density at radius 3 is 2.43 bits per heavy atom. The molecule has 0 fully saturated rings. The van der Waals surface area contributed by atoms with Crippen LogP contribution in [0.1, 0.15) is 37.8 Å². The van der Waals surface area contributed by atoms with Gasteiger partial charge >= 0.3 is 0 Å². The number of fused-ring (bicyclic) bond motifs is 1. The summed E-state index contributed by atoms with van der Waals surface area (Å²) in [5.74, 6) is 0. The molecule has 0 radical (unpaired) electrons. The van der Waals surface area contributed by atoms with Gasteiger partial charge in [-0.15, -0.1) is 0 Å². The number of benzene rings is 2. The molecule has 1 aliphatic rings. The third-order valence-electron chi connectivity index (χ3n) is 4.43. The van der Waals surface area contributed by atoms with Crippen molar-refractivity contribution >= 4 is 0 Å². The van der Waals surface area contributed by atoms with Gasteiger partial charge in [0, 0.05) is 12.1 Å². The summed E-state index contributed by atoms with van der Waals surface area (Å²) < 4.78 is 0. The minimum absolute atomic E-state index is 0.574. The van der Waals surface area contributed by atoms with Gasteiger partial charge in [-0.1, -0.05) is 62.4 Å². The van der Waals surface area contributed by atoms with Crippen molar-refractivity contribution in [1.29, 1.82) is 0 Å². The van der Waals surface area contributed by atoms with E-state index in [1.165, 1.54) is 36.8 Å². The minimum Gasteiger partial charge on any atom is -0.312 e. The summed E-state index contributed by atoms with van der Waals surface area (Å²) in [5.41, 5.74) is 5.89. The molecule has 0 aromatic heterocycles. The Labute approximate surface area is 128 Å². The molecule has 1 atom stereocenters. The highest BCUT2D eigenvalue weighted by atomic mass is 14.9. The maximum atomic E-state index is 3.72. The second-order valence-corrected chi connectivity index (χ2v) is 6.40. The Bertz CT molecular complexity index is 586. The topological polar surface area (TPSA) is 12.0 Å². The molecule has 0 saturated heterocycles. The van der Waals surface area contributed by atoms with Crippen molar-refractivity contribution in [1.82, 2.24) is 5.32 Å². The molecule has 1 N–H and O–H groups in total. The van der Waals surface area contributed by atoms with Gasteiger partial charge in [0.05, 0.1) is 0 Å². The van der Waals surface area contributed by atoms with Gasteiger partial charge < -0.3 is 5.32 Å². The van der Waals surface area contributed by atoms with Crippen LogP contribution in [0.4, 0.5) is 0 Å². The van der Waals surface area contributed by atoms with E-state index < -0.39 is 0 Å². The maximum absolute atomic E-state index is 3.72. The Morgan fingerprint density at radius 2 is 1.67 bits per heavy atom. The summed E-state index contributed by atoms with van der Waals surface area (Å²) in [4.78, 5) is 0. The third-order valence-corrected chi connectivity index (χ3v) is 4.43. The van der Waals surface area contributed by atoms with Gasteiger partial charge in [-0.3, -0.25) is 0 Å². The van der Waals surface area contributed by atoms with E-state index in [9.17, 15) is 0 Å². The van der Waals surface area contributed by atoms with Crippen LogP contribution in [0.15, 0.2) is 48.5 Å². The van der Waals surface area contributed by atoms with E-state index in [2.05, 4.69) is 67.7 Å². The summed E-state index contributed by atoms with van der Waals surface area (Å²) in [7, 11) is 0. The first-order chi connectivity index (χ1) is 10.2. The van der Waals surface area contributed by atoms with Crippen LogP contribution >= 0.6 is 0 Å². The van der Waals surface area contributed by atoms with Crippen LogP contribution in [-0.4, -0.2) is 12.1 Å². The van der Waals surface area contributed by atoms with Gasteiger partial charge in [0.2, 0.25) is 0 Å². The molecule has 1 nitrogen and oxygen atoms in total. The normalized spacial score (nSPS) is 18.3. The van der Waals surface area contributed by atoms with Crippen LogP contribution < -0.4 is 5.32 Å². The Kier molecular flexibility index (Phi) is 4.40. The average molecular weight is 279 g/mol. The summed E-state index contributed by atoms with van der Waals surface area (Å²) in [6.45, 7) is 4.49. The molecule has 0 bridgehead atoms. The molecule has 3 rings (SSSR count). The van der Waals surface area contributed by atoms with Gasteiger partial charge in [0.1, 0.15) is 0 Å². The van der Waals surface area contributed by atoms with Gasteiger partial charge in [-0.25, -0.2) is 0 Å². The summed E-state index contributed by atoms with van der Waals surface area (Å²) in [6, 6.07) is 18.9. The fraction of sp³-hybridized carbons (Fsp3) is 0.400. The minimum atomic E-state index is 0.574. The van der Waals surface area contributed by atoms with E-state index in [1.54, 1.807) is 11.1 Å². The second-order valence-electron chi connectivity index (χ2n) is 6.40. The molecule has 21 heavy (non-hydrogen) atoms. The van der Waals surface area contributed by atoms with Crippen LogP contribution in [0.5, 0.6) is 0 Å². The number of hydrogen-bond acceptors (Lipinski definition) is 1. The number of nitrogens with one attached hydrogen (secondary N) is 1. The van der Waals surface area contributed by atoms with E-state index in [4.69, 9.17) is 0 Å². The van der Waals surface area contributed by atoms with Crippen LogP contribution in [0.2, 0.25) is 0 Å². The number of aryl methyl sites for hydroxylation is 1. The Balaban J connectivity index is 1.89. The Hall–Kier alpha value is -1.60. The van der Waals surface area contributed by atoms with E-state index in [1.807, 2.05) is 0 Å².